The molecule has 0 radical (unpaired) electrons. The zero-order valence-electron chi connectivity index (χ0n) is 10.5. The first-order chi connectivity index (χ1) is 9.47. The van der Waals surface area contributed by atoms with Crippen LogP contribution in [-0.2, 0) is 9.84 Å². The number of hydrogen-bond donors (Lipinski definition) is 1. The van der Waals surface area contributed by atoms with Gasteiger partial charge in [-0.25, -0.2) is 8.42 Å². The van der Waals surface area contributed by atoms with Gasteiger partial charge in [-0.1, -0.05) is 27.5 Å². The third-order valence-corrected chi connectivity index (χ3v) is 5.23. The van der Waals surface area contributed by atoms with Gasteiger partial charge in [-0.3, -0.25) is 0 Å². The van der Waals surface area contributed by atoms with Crippen LogP contribution in [0.1, 0.15) is 0 Å². The molecule has 2 rings (SSSR count). The summed E-state index contributed by atoms with van der Waals surface area (Å²) in [6.07, 6.45) is 0. The number of nitrogens with one attached hydrogen (secondary N) is 1. The molecule has 0 saturated heterocycles. The fourth-order valence-corrected chi connectivity index (χ4v) is 3.20. The Hall–Kier alpha value is -1.04. The number of benzene rings is 2. The molecule has 106 valence electrons. The van der Waals surface area contributed by atoms with Crippen LogP contribution in [0.2, 0.25) is 5.02 Å². The summed E-state index contributed by atoms with van der Waals surface area (Å²) < 4.78 is 25.1. The lowest BCUT2D eigenvalue weighted by Crippen LogP contribution is -2.15. The highest BCUT2D eigenvalue weighted by molar-refractivity contribution is 9.10. The number of anilines is 1. The number of halogens is 2. The fourth-order valence-electron chi connectivity index (χ4n) is 1.66. The van der Waals surface area contributed by atoms with Crippen molar-refractivity contribution in [1.29, 1.82) is 0 Å². The van der Waals surface area contributed by atoms with Crippen LogP contribution in [0.25, 0.3) is 0 Å². The summed E-state index contributed by atoms with van der Waals surface area (Å²) in [5.41, 5.74) is 0.848. The monoisotopic (exact) mass is 373 g/mol. The van der Waals surface area contributed by atoms with Crippen molar-refractivity contribution in [3.63, 3.8) is 0 Å². The van der Waals surface area contributed by atoms with E-state index in [4.69, 9.17) is 11.6 Å². The third-order valence-electron chi connectivity index (χ3n) is 2.72. The van der Waals surface area contributed by atoms with Crippen LogP contribution in [0.5, 0.6) is 0 Å². The average molecular weight is 375 g/mol. The maximum atomic E-state index is 12.1. The summed E-state index contributed by atoms with van der Waals surface area (Å²) in [7, 11) is -3.26. The van der Waals surface area contributed by atoms with Crippen molar-refractivity contribution < 1.29 is 8.42 Å². The van der Waals surface area contributed by atoms with E-state index >= 15 is 0 Å². The van der Waals surface area contributed by atoms with Crippen LogP contribution in [0.15, 0.2) is 57.9 Å². The van der Waals surface area contributed by atoms with Gasteiger partial charge < -0.3 is 5.32 Å². The Morgan fingerprint density at radius 2 is 1.60 bits per heavy atom. The summed E-state index contributed by atoms with van der Waals surface area (Å²) in [6, 6.07) is 13.8. The predicted molar refractivity (Wildman–Crippen MR) is 86.1 cm³/mol. The smallest absolute Gasteiger partial charge is 0.180 e. The van der Waals surface area contributed by atoms with Gasteiger partial charge in [0.1, 0.15) is 0 Å². The van der Waals surface area contributed by atoms with E-state index in [0.29, 0.717) is 16.5 Å². The van der Waals surface area contributed by atoms with Gasteiger partial charge in [0.25, 0.3) is 0 Å². The van der Waals surface area contributed by atoms with Crippen LogP contribution in [-0.4, -0.2) is 20.7 Å². The highest BCUT2D eigenvalue weighted by Gasteiger charge is 2.13. The number of hydrogen-bond acceptors (Lipinski definition) is 3. The minimum atomic E-state index is -3.26. The SMILES string of the molecule is O=S(=O)(CCNc1ccc(Cl)cc1)c1ccc(Br)cc1. The molecular weight excluding hydrogens is 362 g/mol. The zero-order chi connectivity index (χ0) is 14.6. The van der Waals surface area contributed by atoms with Crippen LogP contribution in [0.3, 0.4) is 0 Å². The van der Waals surface area contributed by atoms with Crippen LogP contribution in [0, 0.1) is 0 Å². The minimum absolute atomic E-state index is 0.0389. The first-order valence-electron chi connectivity index (χ1n) is 5.95. The van der Waals surface area contributed by atoms with E-state index < -0.39 is 9.84 Å². The molecule has 2 aromatic rings. The molecule has 0 heterocycles. The van der Waals surface area contributed by atoms with E-state index in [9.17, 15) is 8.42 Å². The van der Waals surface area contributed by atoms with E-state index in [1.807, 2.05) is 12.1 Å². The maximum absolute atomic E-state index is 12.1. The summed E-state index contributed by atoms with van der Waals surface area (Å²) in [5.74, 6) is 0.0389. The first-order valence-corrected chi connectivity index (χ1v) is 8.77. The molecule has 0 fully saturated rings. The standard InChI is InChI=1S/C14H13BrClNO2S/c15-11-1-7-14(8-2-11)20(18,19)10-9-17-13-5-3-12(16)4-6-13/h1-8,17H,9-10H2. The van der Waals surface area contributed by atoms with Crippen molar-refractivity contribution in [3.8, 4) is 0 Å². The quantitative estimate of drug-likeness (QED) is 0.861. The lowest BCUT2D eigenvalue weighted by atomic mass is 10.3. The Kier molecular flexibility index (Phi) is 5.07. The molecule has 0 spiro atoms. The van der Waals surface area contributed by atoms with Gasteiger partial charge >= 0.3 is 0 Å². The second kappa shape index (κ2) is 6.61. The van der Waals surface area contributed by atoms with Crippen molar-refractivity contribution in [2.24, 2.45) is 0 Å². The minimum Gasteiger partial charge on any atom is -0.384 e. The second-order valence-corrected chi connectivity index (χ2v) is 7.67. The third kappa shape index (κ3) is 4.23. The summed E-state index contributed by atoms with van der Waals surface area (Å²) in [4.78, 5) is 0.332. The first kappa shape index (κ1) is 15.4. The van der Waals surface area contributed by atoms with E-state index in [1.54, 1.807) is 36.4 Å². The average Bonchev–Trinajstić information content (AvgIpc) is 2.41. The van der Waals surface area contributed by atoms with Gasteiger partial charge in [0.05, 0.1) is 10.6 Å². The van der Waals surface area contributed by atoms with Gasteiger partial charge in [0, 0.05) is 21.7 Å². The Labute approximate surface area is 132 Å². The van der Waals surface area contributed by atoms with Crippen molar-refractivity contribution >= 4 is 43.1 Å². The molecule has 3 nitrogen and oxygen atoms in total. The lowest BCUT2D eigenvalue weighted by molar-refractivity contribution is 0.596. The molecule has 0 aliphatic carbocycles. The molecule has 0 atom stereocenters. The lowest BCUT2D eigenvalue weighted by Gasteiger charge is -2.07. The van der Waals surface area contributed by atoms with Gasteiger partial charge in [0.15, 0.2) is 9.84 Å². The number of sulfone groups is 1. The van der Waals surface area contributed by atoms with E-state index in [-0.39, 0.29) is 5.75 Å². The molecule has 2 aromatic carbocycles. The summed E-state index contributed by atoms with van der Waals surface area (Å²) in [6.45, 7) is 0.347. The van der Waals surface area contributed by atoms with E-state index in [0.717, 1.165) is 10.2 Å². The van der Waals surface area contributed by atoms with E-state index in [1.165, 1.54) is 0 Å². The molecule has 20 heavy (non-hydrogen) atoms. The molecule has 0 unspecified atom stereocenters. The van der Waals surface area contributed by atoms with Crippen LogP contribution < -0.4 is 5.32 Å². The molecule has 0 aliphatic heterocycles. The Balaban J connectivity index is 1.96. The van der Waals surface area contributed by atoms with Gasteiger partial charge in [0.2, 0.25) is 0 Å². The normalized spacial score (nSPS) is 11.3. The Morgan fingerprint density at radius 3 is 2.20 bits per heavy atom. The highest BCUT2D eigenvalue weighted by atomic mass is 79.9. The molecule has 0 aliphatic rings. The summed E-state index contributed by atoms with van der Waals surface area (Å²) in [5, 5.41) is 3.71. The van der Waals surface area contributed by atoms with Crippen molar-refractivity contribution in [3.05, 3.63) is 58.0 Å². The molecule has 0 aromatic heterocycles. The molecule has 1 N–H and O–H groups in total. The maximum Gasteiger partial charge on any atom is 0.180 e. The Bertz CT molecular complexity index is 669. The fraction of sp³-hybridized carbons (Fsp3) is 0.143. The van der Waals surface area contributed by atoms with Gasteiger partial charge in [-0.2, -0.15) is 0 Å². The van der Waals surface area contributed by atoms with Crippen molar-refractivity contribution in [2.75, 3.05) is 17.6 Å². The largest absolute Gasteiger partial charge is 0.384 e. The van der Waals surface area contributed by atoms with Crippen LogP contribution >= 0.6 is 27.5 Å². The second-order valence-electron chi connectivity index (χ2n) is 4.21. The van der Waals surface area contributed by atoms with Crippen molar-refractivity contribution in [2.45, 2.75) is 4.90 Å². The number of rotatable bonds is 5. The van der Waals surface area contributed by atoms with Crippen LogP contribution in [0.4, 0.5) is 5.69 Å². The van der Waals surface area contributed by atoms with E-state index in [2.05, 4.69) is 21.2 Å². The molecule has 6 heteroatoms. The molecular formula is C14H13BrClNO2S. The Morgan fingerprint density at radius 1 is 1.00 bits per heavy atom. The predicted octanol–water partition coefficient (Wildman–Crippen LogP) is 3.99. The molecule has 0 saturated carbocycles. The highest BCUT2D eigenvalue weighted by Crippen LogP contribution is 2.17. The molecule has 0 amide bonds. The molecule has 0 bridgehead atoms. The summed E-state index contributed by atoms with van der Waals surface area (Å²) >= 11 is 9.07. The van der Waals surface area contributed by atoms with Gasteiger partial charge in [-0.15, -0.1) is 0 Å². The topological polar surface area (TPSA) is 46.2 Å². The van der Waals surface area contributed by atoms with Crippen molar-refractivity contribution in [1.82, 2.24) is 0 Å². The zero-order valence-corrected chi connectivity index (χ0v) is 13.7. The van der Waals surface area contributed by atoms with Gasteiger partial charge in [-0.05, 0) is 48.5 Å².